The summed E-state index contributed by atoms with van der Waals surface area (Å²) in [5, 5.41) is 0. The smallest absolute Gasteiger partial charge is 0.318 e. The van der Waals surface area contributed by atoms with Crippen molar-refractivity contribution in [1.82, 2.24) is 0 Å². The van der Waals surface area contributed by atoms with Crippen molar-refractivity contribution in [2.45, 2.75) is 90.3 Å². The minimum Gasteiger partial charge on any atom is -1.00 e. The summed E-state index contributed by atoms with van der Waals surface area (Å²) in [6.45, 7) is 17.7. The van der Waals surface area contributed by atoms with Crippen LogP contribution in [-0.2, 0) is 19.1 Å². The number of fused-ring (bicyclic) bond motifs is 10. The highest BCUT2D eigenvalue weighted by molar-refractivity contribution is 5.86. The molecule has 0 saturated carbocycles. The zero-order valence-corrected chi connectivity index (χ0v) is 41.0. The molecule has 6 saturated heterocycles. The van der Waals surface area contributed by atoms with Gasteiger partial charge in [-0.05, 0) is 52.0 Å². The number of halogens is 2. The summed E-state index contributed by atoms with van der Waals surface area (Å²) >= 11 is 0. The number of benzene rings is 4. The number of nitrogens with zero attached hydrogens (tertiary/aromatic N) is 2. The third-order valence-electron chi connectivity index (χ3n) is 14.8. The standard InChI is InChI=1S/2C27H32NO3.2BrH/c2*1-19(2)8-7-15-28-16-13-20(14-17-28)25(18-28)31-27(29)26-21-9-3-5-11-23(21)30-24-12-6-4-10-22(24)26;;/h2*3-6,8-12,20,25-26H,7,13-18H2,1-2H3;2*1H/q2*+1;;/p-2/t2*20?,25-,28?;;/m00../s1. The van der Waals surface area contributed by atoms with Crippen LogP contribution in [0.1, 0.15) is 100 Å². The van der Waals surface area contributed by atoms with Gasteiger partial charge >= 0.3 is 11.9 Å². The fourth-order valence-corrected chi connectivity index (χ4v) is 11.4. The number of rotatable bonds is 10. The van der Waals surface area contributed by atoms with E-state index in [1.807, 2.05) is 97.1 Å². The van der Waals surface area contributed by atoms with Crippen molar-refractivity contribution in [3.05, 3.63) is 143 Å². The van der Waals surface area contributed by atoms with Crippen LogP contribution in [0.15, 0.2) is 120 Å². The highest BCUT2D eigenvalue weighted by Gasteiger charge is 2.50. The molecule has 8 aliphatic heterocycles. The van der Waals surface area contributed by atoms with Gasteiger partial charge in [0.15, 0.2) is 12.2 Å². The second kappa shape index (κ2) is 20.5. The van der Waals surface area contributed by atoms with E-state index >= 15 is 0 Å². The third-order valence-corrected chi connectivity index (χ3v) is 14.8. The highest BCUT2D eigenvalue weighted by Crippen LogP contribution is 2.47. The monoisotopic (exact) mass is 994 g/mol. The van der Waals surface area contributed by atoms with E-state index < -0.39 is 11.8 Å². The topological polar surface area (TPSA) is 71.1 Å². The summed E-state index contributed by atoms with van der Waals surface area (Å²) in [5.74, 6) is 2.89. The third kappa shape index (κ3) is 10.1. The molecule has 0 N–H and O–H groups in total. The van der Waals surface area contributed by atoms with Gasteiger partial charge in [-0.1, -0.05) is 96.1 Å². The number of hydrogen-bond donors (Lipinski definition) is 0. The van der Waals surface area contributed by atoms with Gasteiger partial charge in [-0.25, -0.2) is 0 Å². The lowest BCUT2D eigenvalue weighted by Crippen LogP contribution is -3.00. The fourth-order valence-electron chi connectivity index (χ4n) is 11.4. The molecule has 4 aromatic carbocycles. The zero-order valence-electron chi connectivity index (χ0n) is 37.9. The quantitative estimate of drug-likeness (QED) is 0.129. The maximum absolute atomic E-state index is 13.6. The Morgan fingerprint density at radius 1 is 0.516 bits per heavy atom. The van der Waals surface area contributed by atoms with E-state index in [2.05, 4.69) is 39.8 Å². The predicted molar refractivity (Wildman–Crippen MR) is 242 cm³/mol. The van der Waals surface area contributed by atoms with Crippen molar-refractivity contribution in [3.8, 4) is 23.0 Å². The first kappa shape index (κ1) is 47.7. The number of hydrogen-bond acceptors (Lipinski definition) is 6. The lowest BCUT2D eigenvalue weighted by atomic mass is 9.82. The van der Waals surface area contributed by atoms with Crippen molar-refractivity contribution in [3.63, 3.8) is 0 Å². The fraction of sp³-hybridized carbons (Fsp3) is 0.444. The van der Waals surface area contributed by atoms with Crippen molar-refractivity contribution in [2.24, 2.45) is 11.8 Å². The summed E-state index contributed by atoms with van der Waals surface area (Å²) < 4.78 is 26.9. The molecular formula is C54H64Br2N2O6. The molecule has 8 heterocycles. The van der Waals surface area contributed by atoms with Gasteiger partial charge < -0.3 is 61.9 Å². The molecule has 4 bridgehead atoms. The van der Waals surface area contributed by atoms with Gasteiger partial charge in [0.25, 0.3) is 0 Å². The number of ether oxygens (including phenoxy) is 4. The van der Waals surface area contributed by atoms with Crippen LogP contribution in [-0.4, -0.2) is 85.5 Å². The van der Waals surface area contributed by atoms with E-state index in [-0.39, 0.29) is 58.1 Å². The Hall–Kier alpha value is -4.22. The zero-order chi connectivity index (χ0) is 42.8. The van der Waals surface area contributed by atoms with Gasteiger partial charge in [-0.3, -0.25) is 9.59 Å². The van der Waals surface area contributed by atoms with E-state index in [1.54, 1.807) is 0 Å². The summed E-state index contributed by atoms with van der Waals surface area (Å²) in [7, 11) is 0. The summed E-state index contributed by atoms with van der Waals surface area (Å²) in [4.78, 5) is 27.2. The number of piperidine rings is 6. The van der Waals surface area contributed by atoms with Crippen molar-refractivity contribution in [1.29, 1.82) is 0 Å². The Morgan fingerprint density at radius 2 is 0.812 bits per heavy atom. The molecule has 0 aliphatic carbocycles. The van der Waals surface area contributed by atoms with Crippen LogP contribution in [0.3, 0.4) is 0 Å². The van der Waals surface area contributed by atoms with E-state index in [0.29, 0.717) is 11.8 Å². The largest absolute Gasteiger partial charge is 1.00 e. The summed E-state index contributed by atoms with van der Waals surface area (Å²) in [6, 6.07) is 31.3. The average Bonchev–Trinajstić information content (AvgIpc) is 3.28. The summed E-state index contributed by atoms with van der Waals surface area (Å²) in [6.07, 6.45) is 11.6. The molecule has 0 radical (unpaired) electrons. The van der Waals surface area contributed by atoms with Gasteiger partial charge in [0, 0.05) is 72.6 Å². The maximum atomic E-state index is 13.6. The molecule has 340 valence electrons. The lowest BCUT2D eigenvalue weighted by Gasteiger charge is -2.52. The van der Waals surface area contributed by atoms with Crippen LogP contribution in [0.4, 0.5) is 0 Å². The second-order valence-electron chi connectivity index (χ2n) is 19.4. The molecule has 0 aromatic heterocycles. The van der Waals surface area contributed by atoms with E-state index in [4.69, 9.17) is 18.9 Å². The Balaban J connectivity index is 0.000000186. The highest BCUT2D eigenvalue weighted by atomic mass is 79.9. The molecule has 10 heteroatoms. The maximum Gasteiger partial charge on any atom is 0.318 e. The molecule has 4 aromatic rings. The Bertz CT molecular complexity index is 2080. The molecule has 64 heavy (non-hydrogen) atoms. The minimum absolute atomic E-state index is 0. The first-order chi connectivity index (χ1) is 30.1. The van der Waals surface area contributed by atoms with Crippen LogP contribution in [0.25, 0.3) is 0 Å². The molecule has 12 rings (SSSR count). The number of allylic oxidation sites excluding steroid dienone is 2. The number of carbonyl (C=O) groups is 2. The molecule has 8 aliphatic rings. The normalized spacial score (nSPS) is 25.6. The van der Waals surface area contributed by atoms with Gasteiger partial charge in [0.2, 0.25) is 0 Å². The lowest BCUT2D eigenvalue weighted by molar-refractivity contribution is -0.945. The Morgan fingerprint density at radius 3 is 1.11 bits per heavy atom. The number of esters is 2. The van der Waals surface area contributed by atoms with Gasteiger partial charge in [0.05, 0.1) is 39.3 Å². The van der Waals surface area contributed by atoms with E-state index in [0.717, 1.165) is 119 Å². The molecule has 0 unspecified atom stereocenters. The van der Waals surface area contributed by atoms with E-state index in [1.165, 1.54) is 37.3 Å². The van der Waals surface area contributed by atoms with Gasteiger partial charge in [-0.2, -0.15) is 0 Å². The molecular weight excluding hydrogens is 932 g/mol. The molecule has 2 atom stereocenters. The minimum atomic E-state index is -0.421. The van der Waals surface area contributed by atoms with E-state index in [9.17, 15) is 9.59 Å². The SMILES string of the molecule is CC(C)=CCC[N+]12CCC(CC1)[C@@H](OC(=O)C1c3ccccc3Oc3ccccc31)C2.CC(C)=CCC[N+]12CCC(CC1)[C@@H](OC(=O)C1c3ccccc3Oc3ccccc31)C2.[Br-].[Br-]. The van der Waals surface area contributed by atoms with Crippen LogP contribution in [0, 0.1) is 11.8 Å². The Kier molecular flexibility index (Phi) is 15.3. The first-order valence-corrected chi connectivity index (χ1v) is 23.2. The first-order valence-electron chi connectivity index (χ1n) is 23.2. The van der Waals surface area contributed by atoms with Crippen molar-refractivity contribution in [2.75, 3.05) is 52.4 Å². The van der Waals surface area contributed by atoms with Crippen molar-refractivity contribution < 1.29 is 71.5 Å². The van der Waals surface area contributed by atoms with Gasteiger partial charge in [-0.15, -0.1) is 0 Å². The number of para-hydroxylation sites is 4. The second-order valence-corrected chi connectivity index (χ2v) is 19.4. The summed E-state index contributed by atoms with van der Waals surface area (Å²) in [5.41, 5.74) is 6.37. The van der Waals surface area contributed by atoms with Gasteiger partial charge in [0.1, 0.15) is 47.9 Å². The number of carbonyl (C=O) groups excluding carboxylic acids is 2. The predicted octanol–water partition coefficient (Wildman–Crippen LogP) is 4.87. The van der Waals surface area contributed by atoms with Crippen LogP contribution >= 0.6 is 0 Å². The van der Waals surface area contributed by atoms with Crippen LogP contribution < -0.4 is 43.4 Å². The number of quaternary nitrogens is 2. The molecule has 8 nitrogen and oxygen atoms in total. The Labute approximate surface area is 401 Å². The average molecular weight is 997 g/mol. The molecule has 0 amide bonds. The molecule has 0 spiro atoms. The van der Waals surface area contributed by atoms with Crippen molar-refractivity contribution >= 4 is 11.9 Å². The van der Waals surface area contributed by atoms with Crippen LogP contribution in [0.2, 0.25) is 0 Å². The van der Waals surface area contributed by atoms with Crippen LogP contribution in [0.5, 0.6) is 23.0 Å². The molecule has 6 fully saturated rings.